The van der Waals surface area contributed by atoms with Crippen molar-refractivity contribution in [3.05, 3.63) is 59.2 Å². The lowest BCUT2D eigenvalue weighted by molar-refractivity contribution is 0.0604. The first-order valence-electron chi connectivity index (χ1n) is 9.42. The number of aryl methyl sites for hydroxylation is 1. The molecule has 144 valence electrons. The number of rotatable bonds is 7. The zero-order chi connectivity index (χ0) is 19.1. The Kier molecular flexibility index (Phi) is 6.90. The molecule has 0 radical (unpaired) electrons. The van der Waals surface area contributed by atoms with Gasteiger partial charge in [0, 0.05) is 43.4 Å². The molecule has 1 aliphatic rings. The van der Waals surface area contributed by atoms with Crippen molar-refractivity contribution in [2.45, 2.75) is 32.3 Å². The predicted molar refractivity (Wildman–Crippen MR) is 103 cm³/mol. The van der Waals surface area contributed by atoms with Crippen molar-refractivity contribution < 1.29 is 14.3 Å². The van der Waals surface area contributed by atoms with Crippen LogP contribution in [0.4, 0.5) is 0 Å². The molecule has 0 aliphatic carbocycles. The van der Waals surface area contributed by atoms with Gasteiger partial charge in [-0.3, -0.25) is 4.79 Å². The third kappa shape index (κ3) is 5.11. The van der Waals surface area contributed by atoms with E-state index in [2.05, 4.69) is 4.98 Å². The summed E-state index contributed by atoms with van der Waals surface area (Å²) in [6.45, 7) is 5.00. The number of aromatic nitrogens is 2. The topological polar surface area (TPSA) is 64.6 Å². The second kappa shape index (κ2) is 9.58. The number of ether oxygens (including phenoxy) is 2. The van der Waals surface area contributed by atoms with Crippen LogP contribution in [0.15, 0.2) is 36.5 Å². The molecule has 3 rings (SSSR count). The van der Waals surface area contributed by atoms with Crippen molar-refractivity contribution in [1.82, 2.24) is 14.9 Å². The van der Waals surface area contributed by atoms with Crippen LogP contribution < -0.4 is 0 Å². The second-order valence-corrected chi connectivity index (χ2v) is 6.81. The molecule has 6 nitrogen and oxygen atoms in total. The molecule has 1 saturated heterocycles. The number of carbonyl (C=O) groups is 1. The van der Waals surface area contributed by atoms with Gasteiger partial charge in [0.25, 0.3) is 5.91 Å². The van der Waals surface area contributed by atoms with E-state index in [0.29, 0.717) is 25.7 Å². The summed E-state index contributed by atoms with van der Waals surface area (Å²) in [5.41, 5.74) is 2.84. The van der Waals surface area contributed by atoms with E-state index in [0.717, 1.165) is 48.6 Å². The summed E-state index contributed by atoms with van der Waals surface area (Å²) in [6.07, 6.45) is 3.67. The van der Waals surface area contributed by atoms with Crippen LogP contribution in [0.1, 0.15) is 46.2 Å². The van der Waals surface area contributed by atoms with Gasteiger partial charge in [0.15, 0.2) is 0 Å². The minimum atomic E-state index is 0.107. The first-order valence-corrected chi connectivity index (χ1v) is 9.42. The second-order valence-electron chi connectivity index (χ2n) is 6.81. The predicted octanol–water partition coefficient (Wildman–Crippen LogP) is 2.97. The molecule has 6 heteroatoms. The number of carbonyl (C=O) groups excluding carboxylic acids is 1. The van der Waals surface area contributed by atoms with Gasteiger partial charge in [-0.25, -0.2) is 9.97 Å². The molecular formula is C21H27N3O3. The molecule has 2 heterocycles. The van der Waals surface area contributed by atoms with Crippen molar-refractivity contribution in [3.8, 4) is 0 Å². The van der Waals surface area contributed by atoms with E-state index in [-0.39, 0.29) is 5.91 Å². The van der Waals surface area contributed by atoms with Gasteiger partial charge in [-0.1, -0.05) is 18.2 Å². The van der Waals surface area contributed by atoms with Gasteiger partial charge in [0.2, 0.25) is 0 Å². The van der Waals surface area contributed by atoms with Crippen molar-refractivity contribution in [2.75, 3.05) is 33.4 Å². The summed E-state index contributed by atoms with van der Waals surface area (Å²) in [7, 11) is 1.66. The molecule has 1 aliphatic heterocycles. The Labute approximate surface area is 160 Å². The van der Waals surface area contributed by atoms with E-state index in [1.54, 1.807) is 7.11 Å². The highest BCUT2D eigenvalue weighted by Crippen LogP contribution is 2.30. The molecular weight excluding hydrogens is 342 g/mol. The van der Waals surface area contributed by atoms with Gasteiger partial charge >= 0.3 is 0 Å². The number of hydrogen-bond acceptors (Lipinski definition) is 5. The Morgan fingerprint density at radius 2 is 1.93 bits per heavy atom. The standard InChI is InChI=1S/C21H27N3O3/c1-16-22-14-19(15-27-13-12-26-2)20(23-16)17-8-10-24(11-9-17)21(25)18-6-4-3-5-7-18/h3-7,14,17H,8-13,15H2,1-2H3. The Hall–Kier alpha value is -2.31. The number of benzene rings is 1. The molecule has 0 saturated carbocycles. The maximum atomic E-state index is 12.6. The van der Waals surface area contributed by atoms with Crippen LogP contribution in [0.3, 0.4) is 0 Å². The number of piperidine rings is 1. The SMILES string of the molecule is COCCOCc1cnc(C)nc1C1CCN(C(=O)c2ccccc2)CC1. The van der Waals surface area contributed by atoms with E-state index in [9.17, 15) is 4.79 Å². The van der Waals surface area contributed by atoms with Crippen molar-refractivity contribution in [3.63, 3.8) is 0 Å². The largest absolute Gasteiger partial charge is 0.382 e. The summed E-state index contributed by atoms with van der Waals surface area (Å²) in [5, 5.41) is 0. The van der Waals surface area contributed by atoms with Crippen LogP contribution in [-0.2, 0) is 16.1 Å². The number of likely N-dealkylation sites (tertiary alicyclic amines) is 1. The average Bonchev–Trinajstić information content (AvgIpc) is 2.72. The van der Waals surface area contributed by atoms with Crippen molar-refractivity contribution >= 4 is 5.91 Å². The molecule has 1 aromatic heterocycles. The Balaban J connectivity index is 1.63. The molecule has 2 aromatic rings. The van der Waals surface area contributed by atoms with Gasteiger partial charge in [-0.15, -0.1) is 0 Å². The van der Waals surface area contributed by atoms with Crippen LogP contribution in [0, 0.1) is 6.92 Å². The lowest BCUT2D eigenvalue weighted by atomic mass is 9.90. The fourth-order valence-electron chi connectivity index (χ4n) is 3.42. The molecule has 1 fully saturated rings. The van der Waals surface area contributed by atoms with E-state index in [1.165, 1.54) is 0 Å². The number of nitrogens with zero attached hydrogens (tertiary/aromatic N) is 3. The number of amides is 1. The van der Waals surface area contributed by atoms with Crippen molar-refractivity contribution in [2.24, 2.45) is 0 Å². The van der Waals surface area contributed by atoms with Gasteiger partial charge in [0.1, 0.15) is 5.82 Å². The first kappa shape index (κ1) is 19.5. The van der Waals surface area contributed by atoms with E-state index in [1.807, 2.05) is 48.4 Å². The molecule has 0 N–H and O–H groups in total. The van der Waals surface area contributed by atoms with E-state index < -0.39 is 0 Å². The highest BCUT2D eigenvalue weighted by Gasteiger charge is 2.27. The molecule has 0 spiro atoms. The minimum absolute atomic E-state index is 0.107. The van der Waals surface area contributed by atoms with Gasteiger partial charge in [0.05, 0.1) is 25.5 Å². The molecule has 0 bridgehead atoms. The molecule has 1 aromatic carbocycles. The van der Waals surface area contributed by atoms with Gasteiger partial charge in [-0.05, 0) is 31.9 Å². The summed E-state index contributed by atoms with van der Waals surface area (Å²) >= 11 is 0. The van der Waals surface area contributed by atoms with Crippen LogP contribution >= 0.6 is 0 Å². The van der Waals surface area contributed by atoms with E-state index in [4.69, 9.17) is 14.5 Å². The monoisotopic (exact) mass is 369 g/mol. The highest BCUT2D eigenvalue weighted by molar-refractivity contribution is 5.94. The van der Waals surface area contributed by atoms with Crippen LogP contribution in [0.2, 0.25) is 0 Å². The fraction of sp³-hybridized carbons (Fsp3) is 0.476. The Bertz CT molecular complexity index is 744. The Morgan fingerprint density at radius 1 is 1.19 bits per heavy atom. The van der Waals surface area contributed by atoms with Gasteiger partial charge in [-0.2, -0.15) is 0 Å². The molecule has 0 unspecified atom stereocenters. The number of hydrogen-bond donors (Lipinski definition) is 0. The zero-order valence-corrected chi connectivity index (χ0v) is 16.1. The van der Waals surface area contributed by atoms with Gasteiger partial charge < -0.3 is 14.4 Å². The van der Waals surface area contributed by atoms with Crippen LogP contribution in [0.25, 0.3) is 0 Å². The maximum Gasteiger partial charge on any atom is 0.253 e. The lowest BCUT2D eigenvalue weighted by Crippen LogP contribution is -2.38. The maximum absolute atomic E-state index is 12.6. The molecule has 1 amide bonds. The molecule has 27 heavy (non-hydrogen) atoms. The van der Waals surface area contributed by atoms with Crippen molar-refractivity contribution in [1.29, 1.82) is 0 Å². The Morgan fingerprint density at radius 3 is 2.63 bits per heavy atom. The fourth-order valence-corrected chi connectivity index (χ4v) is 3.42. The summed E-state index contributed by atoms with van der Waals surface area (Å²) in [6, 6.07) is 9.48. The minimum Gasteiger partial charge on any atom is -0.382 e. The quantitative estimate of drug-likeness (QED) is 0.702. The van der Waals surface area contributed by atoms with Crippen LogP contribution in [0.5, 0.6) is 0 Å². The zero-order valence-electron chi connectivity index (χ0n) is 16.1. The molecule has 0 atom stereocenters. The third-order valence-corrected chi connectivity index (χ3v) is 4.90. The normalized spacial score (nSPS) is 15.1. The summed E-state index contributed by atoms with van der Waals surface area (Å²) in [4.78, 5) is 23.6. The smallest absolute Gasteiger partial charge is 0.253 e. The first-order chi connectivity index (χ1) is 13.2. The highest BCUT2D eigenvalue weighted by atomic mass is 16.5. The lowest BCUT2D eigenvalue weighted by Gasteiger charge is -2.32. The average molecular weight is 369 g/mol. The summed E-state index contributed by atoms with van der Waals surface area (Å²) < 4.78 is 10.7. The van der Waals surface area contributed by atoms with Crippen LogP contribution in [-0.4, -0.2) is 54.2 Å². The third-order valence-electron chi connectivity index (χ3n) is 4.90. The number of methoxy groups -OCH3 is 1. The van der Waals surface area contributed by atoms with E-state index >= 15 is 0 Å². The summed E-state index contributed by atoms with van der Waals surface area (Å²) in [5.74, 6) is 1.21.